The summed E-state index contributed by atoms with van der Waals surface area (Å²) in [5.41, 5.74) is 0.886. The van der Waals surface area contributed by atoms with Crippen LogP contribution >= 0.6 is 0 Å². The lowest BCUT2D eigenvalue weighted by Gasteiger charge is -2.27. The molecule has 0 radical (unpaired) electrons. The van der Waals surface area contributed by atoms with E-state index >= 15 is 0 Å². The molecule has 0 fully saturated rings. The fourth-order valence-corrected chi connectivity index (χ4v) is 1.65. The van der Waals surface area contributed by atoms with E-state index in [1.807, 2.05) is 19.1 Å². The zero-order valence-electron chi connectivity index (χ0n) is 12.5. The number of urea groups is 1. The highest BCUT2D eigenvalue weighted by atomic mass is 16.4. The number of rotatable bonds is 5. The van der Waals surface area contributed by atoms with Gasteiger partial charge in [0.2, 0.25) is 0 Å². The van der Waals surface area contributed by atoms with Gasteiger partial charge in [-0.25, -0.2) is 4.79 Å². The monoisotopic (exact) mass is 288 g/mol. The molecule has 1 aromatic rings. The average Bonchev–Trinajstić information content (AvgIpc) is 2.40. The standard InChI is InChI=1S/C16H20N2O3/c1-5-16(3,4)17-15(21)18(11-10-14(19)20)13-8-6-12(2)7-9-13/h1,6-9H,10-11H2,2-4H3,(H,17,21)(H,19,20). The molecule has 112 valence electrons. The van der Waals surface area contributed by atoms with Gasteiger partial charge in [-0.05, 0) is 32.9 Å². The molecule has 1 rings (SSSR count). The maximum Gasteiger partial charge on any atom is 0.323 e. The molecule has 21 heavy (non-hydrogen) atoms. The summed E-state index contributed by atoms with van der Waals surface area (Å²) in [5.74, 6) is 1.52. The number of hydrogen-bond donors (Lipinski definition) is 2. The number of nitrogens with zero attached hydrogens (tertiary/aromatic N) is 1. The molecule has 0 aromatic heterocycles. The second kappa shape index (κ2) is 6.80. The lowest BCUT2D eigenvalue weighted by Crippen LogP contribution is -2.50. The van der Waals surface area contributed by atoms with Crippen molar-refractivity contribution >= 4 is 17.7 Å². The normalized spacial score (nSPS) is 10.6. The molecule has 1 aromatic carbocycles. The van der Waals surface area contributed by atoms with Crippen LogP contribution in [0.15, 0.2) is 24.3 Å². The molecule has 0 atom stereocenters. The van der Waals surface area contributed by atoms with Gasteiger partial charge in [0.25, 0.3) is 0 Å². The Hall–Kier alpha value is -2.48. The number of benzene rings is 1. The van der Waals surface area contributed by atoms with Crippen molar-refractivity contribution in [1.82, 2.24) is 5.32 Å². The predicted octanol–water partition coefficient (Wildman–Crippen LogP) is 2.40. The number of terminal acetylenes is 1. The molecule has 0 aliphatic heterocycles. The van der Waals surface area contributed by atoms with Gasteiger partial charge < -0.3 is 10.4 Å². The highest BCUT2D eigenvalue weighted by Gasteiger charge is 2.23. The quantitative estimate of drug-likeness (QED) is 0.817. The Balaban J connectivity index is 2.96. The molecule has 0 bridgehead atoms. The van der Waals surface area contributed by atoms with Gasteiger partial charge in [0.05, 0.1) is 12.0 Å². The Bertz CT molecular complexity index is 556. The van der Waals surface area contributed by atoms with E-state index in [9.17, 15) is 9.59 Å². The van der Waals surface area contributed by atoms with Crippen LogP contribution in [-0.2, 0) is 4.79 Å². The Labute approximate surface area is 125 Å². The van der Waals surface area contributed by atoms with E-state index < -0.39 is 17.5 Å². The average molecular weight is 288 g/mol. The molecule has 2 N–H and O–H groups in total. The minimum Gasteiger partial charge on any atom is -0.481 e. The van der Waals surface area contributed by atoms with Gasteiger partial charge in [-0.2, -0.15) is 0 Å². The van der Waals surface area contributed by atoms with Crippen LogP contribution in [0.2, 0.25) is 0 Å². The van der Waals surface area contributed by atoms with Crippen LogP contribution in [0.4, 0.5) is 10.5 Å². The smallest absolute Gasteiger partial charge is 0.323 e. The van der Waals surface area contributed by atoms with E-state index in [4.69, 9.17) is 11.5 Å². The molecule has 0 unspecified atom stereocenters. The Morgan fingerprint density at radius 2 is 1.90 bits per heavy atom. The largest absolute Gasteiger partial charge is 0.481 e. The number of nitrogens with one attached hydrogen (secondary N) is 1. The SMILES string of the molecule is C#CC(C)(C)NC(=O)N(CCC(=O)O)c1ccc(C)cc1. The van der Waals surface area contributed by atoms with Gasteiger partial charge >= 0.3 is 12.0 Å². The summed E-state index contributed by atoms with van der Waals surface area (Å²) in [6, 6.07) is 6.87. The zero-order chi connectivity index (χ0) is 16.0. The predicted molar refractivity (Wildman–Crippen MR) is 82.2 cm³/mol. The van der Waals surface area contributed by atoms with Gasteiger partial charge in [-0.3, -0.25) is 9.69 Å². The number of aliphatic carboxylic acids is 1. The molecule has 0 saturated carbocycles. The molecule has 0 aliphatic carbocycles. The van der Waals surface area contributed by atoms with Crippen LogP contribution in [0.3, 0.4) is 0 Å². The van der Waals surface area contributed by atoms with Crippen LogP contribution in [0.1, 0.15) is 25.8 Å². The minimum absolute atomic E-state index is 0.0743. The van der Waals surface area contributed by atoms with Crippen LogP contribution < -0.4 is 10.2 Å². The van der Waals surface area contributed by atoms with Gasteiger partial charge in [0, 0.05) is 12.2 Å². The highest BCUT2D eigenvalue weighted by molar-refractivity contribution is 5.93. The second-order valence-electron chi connectivity index (χ2n) is 5.33. The Morgan fingerprint density at radius 1 is 1.33 bits per heavy atom. The van der Waals surface area contributed by atoms with Crippen LogP contribution in [-0.4, -0.2) is 29.2 Å². The van der Waals surface area contributed by atoms with E-state index in [-0.39, 0.29) is 13.0 Å². The summed E-state index contributed by atoms with van der Waals surface area (Å²) >= 11 is 0. The van der Waals surface area contributed by atoms with Crippen molar-refractivity contribution in [1.29, 1.82) is 0 Å². The van der Waals surface area contributed by atoms with Crippen LogP contribution in [0, 0.1) is 19.3 Å². The molecule has 0 saturated heterocycles. The van der Waals surface area contributed by atoms with E-state index in [0.29, 0.717) is 5.69 Å². The van der Waals surface area contributed by atoms with Gasteiger partial charge in [-0.15, -0.1) is 6.42 Å². The lowest BCUT2D eigenvalue weighted by molar-refractivity contribution is -0.136. The maximum absolute atomic E-state index is 12.3. The van der Waals surface area contributed by atoms with Crippen LogP contribution in [0.25, 0.3) is 0 Å². The third kappa shape index (κ3) is 5.19. The number of anilines is 1. The number of carboxylic acid groups (broad SMARTS) is 1. The number of aryl methyl sites for hydroxylation is 1. The summed E-state index contributed by atoms with van der Waals surface area (Å²) in [6.45, 7) is 5.42. The molecule has 0 aliphatic rings. The number of carbonyl (C=O) groups is 2. The first-order chi connectivity index (χ1) is 9.75. The Morgan fingerprint density at radius 3 is 2.38 bits per heavy atom. The summed E-state index contributed by atoms with van der Waals surface area (Å²) in [4.78, 5) is 24.5. The summed E-state index contributed by atoms with van der Waals surface area (Å²) < 4.78 is 0. The number of carboxylic acids is 1. The highest BCUT2D eigenvalue weighted by Crippen LogP contribution is 2.16. The fraction of sp³-hybridized carbons (Fsp3) is 0.375. The molecule has 5 heteroatoms. The first-order valence-electron chi connectivity index (χ1n) is 6.61. The van der Waals surface area contributed by atoms with E-state index in [1.54, 1.807) is 26.0 Å². The number of amides is 2. The molecular formula is C16H20N2O3. The summed E-state index contributed by atoms with van der Waals surface area (Å²) in [6.07, 6.45) is 5.22. The van der Waals surface area contributed by atoms with Crippen molar-refractivity contribution in [2.24, 2.45) is 0 Å². The maximum atomic E-state index is 12.3. The zero-order valence-corrected chi connectivity index (χ0v) is 12.5. The van der Waals surface area contributed by atoms with Gasteiger partial charge in [-0.1, -0.05) is 23.6 Å². The molecule has 0 heterocycles. The van der Waals surface area contributed by atoms with Gasteiger partial charge in [0.15, 0.2) is 0 Å². The minimum atomic E-state index is -0.962. The first kappa shape index (κ1) is 16.6. The third-order valence-electron chi connectivity index (χ3n) is 2.92. The van der Waals surface area contributed by atoms with Gasteiger partial charge in [0.1, 0.15) is 0 Å². The van der Waals surface area contributed by atoms with E-state index in [0.717, 1.165) is 5.56 Å². The fourth-order valence-electron chi connectivity index (χ4n) is 1.65. The topological polar surface area (TPSA) is 69.6 Å². The van der Waals surface area contributed by atoms with Crippen molar-refractivity contribution in [3.05, 3.63) is 29.8 Å². The number of hydrogen-bond acceptors (Lipinski definition) is 2. The van der Waals surface area contributed by atoms with Crippen molar-refractivity contribution in [2.45, 2.75) is 32.7 Å². The summed E-state index contributed by atoms with van der Waals surface area (Å²) in [5, 5.41) is 11.5. The number of carbonyl (C=O) groups excluding carboxylic acids is 1. The first-order valence-corrected chi connectivity index (χ1v) is 6.61. The molecule has 0 spiro atoms. The molecule has 2 amide bonds. The molecule has 5 nitrogen and oxygen atoms in total. The van der Waals surface area contributed by atoms with Crippen molar-refractivity contribution in [2.75, 3.05) is 11.4 Å². The van der Waals surface area contributed by atoms with E-state index in [2.05, 4.69) is 11.2 Å². The summed E-state index contributed by atoms with van der Waals surface area (Å²) in [7, 11) is 0. The Kier molecular flexibility index (Phi) is 5.37. The van der Waals surface area contributed by atoms with Crippen molar-refractivity contribution < 1.29 is 14.7 Å². The van der Waals surface area contributed by atoms with Crippen molar-refractivity contribution in [3.8, 4) is 12.3 Å². The van der Waals surface area contributed by atoms with Crippen molar-refractivity contribution in [3.63, 3.8) is 0 Å². The van der Waals surface area contributed by atoms with E-state index in [1.165, 1.54) is 4.90 Å². The van der Waals surface area contributed by atoms with Crippen LogP contribution in [0.5, 0.6) is 0 Å². The third-order valence-corrected chi connectivity index (χ3v) is 2.92. The lowest BCUT2D eigenvalue weighted by atomic mass is 10.1. The molecular weight excluding hydrogens is 268 g/mol. The second-order valence-corrected chi connectivity index (χ2v) is 5.33.